The number of hydrogen-bond acceptors (Lipinski definition) is 3. The van der Waals surface area contributed by atoms with Gasteiger partial charge in [0, 0.05) is 11.6 Å². The van der Waals surface area contributed by atoms with Gasteiger partial charge in [0.15, 0.2) is 0 Å². The maximum atomic E-state index is 11.2. The Bertz CT molecular complexity index is 523. The van der Waals surface area contributed by atoms with Gasteiger partial charge in [0.25, 0.3) is 11.1 Å². The zero-order valence-corrected chi connectivity index (χ0v) is 9.01. The van der Waals surface area contributed by atoms with Crippen LogP contribution in [0.2, 0.25) is 0 Å². The first-order valence-electron chi connectivity index (χ1n) is 4.55. The molecule has 16 heavy (non-hydrogen) atoms. The zero-order chi connectivity index (χ0) is 11.4. The third-order valence-corrected chi connectivity index (χ3v) is 2.02. The topological polar surface area (TPSA) is 38.3 Å². The molecule has 0 unspecified atom stereocenters. The molecule has 1 amide bonds. The van der Waals surface area contributed by atoms with E-state index in [9.17, 15) is 4.79 Å². The van der Waals surface area contributed by atoms with Gasteiger partial charge in [0.05, 0.1) is 0 Å². The van der Waals surface area contributed by atoms with Gasteiger partial charge in [-0.2, -0.15) is 0 Å². The summed E-state index contributed by atoms with van der Waals surface area (Å²) in [4.78, 5) is 11.2. The lowest BCUT2D eigenvalue weighted by atomic mass is 10.2. The van der Waals surface area contributed by atoms with Crippen molar-refractivity contribution in [3.05, 3.63) is 47.7 Å². The van der Waals surface area contributed by atoms with Crippen molar-refractivity contribution < 1.29 is 9.53 Å². The van der Waals surface area contributed by atoms with Gasteiger partial charge < -0.3 is 4.74 Å². The summed E-state index contributed by atoms with van der Waals surface area (Å²) < 4.78 is 4.94. The summed E-state index contributed by atoms with van der Waals surface area (Å²) in [6.07, 6.45) is 1.40. The van der Waals surface area contributed by atoms with Gasteiger partial charge in [-0.1, -0.05) is 30.0 Å². The molecule has 1 saturated heterocycles. The van der Waals surface area contributed by atoms with E-state index in [2.05, 4.69) is 29.4 Å². The molecule has 2 rings (SSSR count). The summed E-state index contributed by atoms with van der Waals surface area (Å²) in [6.45, 7) is 0. The molecule has 1 aromatic carbocycles. The molecule has 4 heteroatoms. The molecule has 1 fully saturated rings. The molecular weight excluding hydrogens is 222 g/mol. The van der Waals surface area contributed by atoms with Gasteiger partial charge in [0.1, 0.15) is 0 Å². The van der Waals surface area contributed by atoms with Crippen LogP contribution in [0.15, 0.2) is 42.2 Å². The normalized spacial score (nSPS) is 16.4. The van der Waals surface area contributed by atoms with E-state index in [0.717, 1.165) is 5.56 Å². The lowest BCUT2D eigenvalue weighted by Gasteiger charge is -1.88. The third-order valence-electron chi connectivity index (χ3n) is 1.84. The predicted octanol–water partition coefficient (Wildman–Crippen LogP) is 1.35. The van der Waals surface area contributed by atoms with Crippen molar-refractivity contribution in [1.82, 2.24) is 5.32 Å². The number of carbonyl (C=O) groups excluding carboxylic acids is 1. The number of allylic oxidation sites excluding steroid dienone is 1. The van der Waals surface area contributed by atoms with Crippen LogP contribution in [0.3, 0.4) is 0 Å². The molecule has 0 atom stereocenters. The Morgan fingerprint density at radius 3 is 2.69 bits per heavy atom. The zero-order valence-electron chi connectivity index (χ0n) is 8.19. The van der Waals surface area contributed by atoms with Gasteiger partial charge in [-0.15, -0.1) is 0 Å². The average molecular weight is 229 g/mol. The average Bonchev–Trinajstić information content (AvgIpc) is 2.59. The lowest BCUT2D eigenvalue weighted by molar-refractivity contribution is -0.116. The number of rotatable bonds is 0. The van der Waals surface area contributed by atoms with Crippen molar-refractivity contribution >= 4 is 23.3 Å². The van der Waals surface area contributed by atoms with E-state index in [-0.39, 0.29) is 16.8 Å². The fourth-order valence-corrected chi connectivity index (χ4v) is 1.31. The van der Waals surface area contributed by atoms with Gasteiger partial charge >= 0.3 is 0 Å². The largest absolute Gasteiger partial charge is 0.425 e. The standard InChI is InChI=1S/C12H7NO2S/c14-11-10(15-12(16)13-11)8-4-7-9-5-2-1-3-6-9/h1-3,5-6,8H,(H,13,14,16). The Labute approximate surface area is 98.1 Å². The second-order valence-corrected chi connectivity index (χ2v) is 3.36. The molecular formula is C12H7NO2S. The van der Waals surface area contributed by atoms with Crippen LogP contribution in [0.25, 0.3) is 0 Å². The smallest absolute Gasteiger partial charge is 0.295 e. The highest BCUT2D eigenvalue weighted by Crippen LogP contribution is 2.05. The number of thiocarbonyl (C=S) groups is 1. The van der Waals surface area contributed by atoms with Crippen LogP contribution in [-0.2, 0) is 9.53 Å². The minimum Gasteiger partial charge on any atom is -0.425 e. The number of benzene rings is 1. The second kappa shape index (κ2) is 4.60. The summed E-state index contributed by atoms with van der Waals surface area (Å²) in [5.74, 6) is 5.39. The molecule has 1 aliphatic heterocycles. The summed E-state index contributed by atoms with van der Waals surface area (Å²) in [6, 6.07) is 9.46. The van der Waals surface area contributed by atoms with Gasteiger partial charge in [-0.3, -0.25) is 10.1 Å². The van der Waals surface area contributed by atoms with E-state index in [0.29, 0.717) is 0 Å². The van der Waals surface area contributed by atoms with Crippen LogP contribution in [0, 0.1) is 11.8 Å². The Kier molecular flexibility index (Phi) is 2.99. The van der Waals surface area contributed by atoms with Crippen molar-refractivity contribution in [2.75, 3.05) is 0 Å². The van der Waals surface area contributed by atoms with Crippen LogP contribution in [-0.4, -0.2) is 11.1 Å². The maximum Gasteiger partial charge on any atom is 0.295 e. The first-order valence-corrected chi connectivity index (χ1v) is 4.96. The van der Waals surface area contributed by atoms with Crippen molar-refractivity contribution in [2.24, 2.45) is 0 Å². The maximum absolute atomic E-state index is 11.2. The Hall–Kier alpha value is -2.12. The van der Waals surface area contributed by atoms with Crippen LogP contribution in [0.1, 0.15) is 5.56 Å². The summed E-state index contributed by atoms with van der Waals surface area (Å²) in [5, 5.41) is 2.42. The molecule has 0 aromatic heterocycles. The van der Waals surface area contributed by atoms with Crippen LogP contribution in [0.4, 0.5) is 0 Å². The lowest BCUT2D eigenvalue weighted by Crippen LogP contribution is -2.18. The fraction of sp³-hybridized carbons (Fsp3) is 0. The number of ether oxygens (including phenoxy) is 1. The minimum atomic E-state index is -0.354. The van der Waals surface area contributed by atoms with Gasteiger partial charge in [0.2, 0.25) is 5.76 Å². The Balaban J connectivity index is 2.13. The van der Waals surface area contributed by atoms with Crippen LogP contribution in [0.5, 0.6) is 0 Å². The van der Waals surface area contributed by atoms with Crippen molar-refractivity contribution in [2.45, 2.75) is 0 Å². The molecule has 0 spiro atoms. The Morgan fingerprint density at radius 2 is 2.06 bits per heavy atom. The molecule has 1 aliphatic rings. The SMILES string of the molecule is O=C1NC(=S)OC1=CC#Cc1ccccc1. The highest BCUT2D eigenvalue weighted by Gasteiger charge is 2.22. The third kappa shape index (κ3) is 2.47. The summed E-state index contributed by atoms with van der Waals surface area (Å²) >= 11 is 4.67. The highest BCUT2D eigenvalue weighted by atomic mass is 32.1. The van der Waals surface area contributed by atoms with Crippen LogP contribution < -0.4 is 5.32 Å². The quantitative estimate of drug-likeness (QED) is 0.414. The monoisotopic (exact) mass is 229 g/mol. The number of carbonyl (C=O) groups is 1. The van der Waals surface area contributed by atoms with E-state index < -0.39 is 0 Å². The highest BCUT2D eigenvalue weighted by molar-refractivity contribution is 7.80. The molecule has 0 saturated carbocycles. The number of amides is 1. The first kappa shape index (κ1) is 10.4. The molecule has 1 N–H and O–H groups in total. The van der Waals surface area contributed by atoms with Crippen molar-refractivity contribution in [3.8, 4) is 11.8 Å². The minimum absolute atomic E-state index is 0.0674. The second-order valence-electron chi connectivity index (χ2n) is 2.99. The first-order chi connectivity index (χ1) is 7.75. The van der Waals surface area contributed by atoms with E-state index in [1.54, 1.807) is 0 Å². The molecule has 0 aliphatic carbocycles. The van der Waals surface area contributed by atoms with E-state index >= 15 is 0 Å². The molecule has 1 aromatic rings. The number of hydrogen-bond donors (Lipinski definition) is 1. The molecule has 1 heterocycles. The van der Waals surface area contributed by atoms with Crippen molar-refractivity contribution in [3.63, 3.8) is 0 Å². The Morgan fingerprint density at radius 1 is 1.31 bits per heavy atom. The van der Waals surface area contributed by atoms with Gasteiger partial charge in [-0.25, -0.2) is 0 Å². The van der Waals surface area contributed by atoms with E-state index in [1.165, 1.54) is 6.08 Å². The van der Waals surface area contributed by atoms with E-state index in [1.807, 2.05) is 30.3 Å². The molecule has 3 nitrogen and oxygen atoms in total. The predicted molar refractivity (Wildman–Crippen MR) is 63.2 cm³/mol. The number of nitrogens with one attached hydrogen (secondary N) is 1. The molecule has 78 valence electrons. The van der Waals surface area contributed by atoms with Crippen LogP contribution >= 0.6 is 12.2 Å². The summed E-state index contributed by atoms with van der Waals surface area (Å²) in [5.41, 5.74) is 0.875. The molecule has 0 bridgehead atoms. The van der Waals surface area contributed by atoms with E-state index in [4.69, 9.17) is 4.74 Å². The molecule has 0 radical (unpaired) electrons. The summed E-state index contributed by atoms with van der Waals surface area (Å²) in [7, 11) is 0. The van der Waals surface area contributed by atoms with Gasteiger partial charge in [-0.05, 0) is 24.4 Å². The fourth-order valence-electron chi connectivity index (χ4n) is 1.13. The van der Waals surface area contributed by atoms with Crippen molar-refractivity contribution in [1.29, 1.82) is 0 Å².